The minimum atomic E-state index is -0.762. The van der Waals surface area contributed by atoms with E-state index >= 15 is 0 Å². The van der Waals surface area contributed by atoms with Gasteiger partial charge < -0.3 is 15.7 Å². The van der Waals surface area contributed by atoms with Crippen molar-refractivity contribution in [3.8, 4) is 0 Å². The second-order valence-electron chi connectivity index (χ2n) is 4.30. The van der Waals surface area contributed by atoms with Crippen LogP contribution in [0.3, 0.4) is 0 Å². The maximum Gasteiger partial charge on any atom is 0.308 e. The average molecular weight is 313 g/mol. The Labute approximate surface area is 113 Å². The van der Waals surface area contributed by atoms with Crippen molar-refractivity contribution in [2.45, 2.75) is 6.42 Å². The number of primary amides is 1. The van der Waals surface area contributed by atoms with Gasteiger partial charge in [-0.2, -0.15) is 0 Å². The Kier molecular flexibility index (Phi) is 3.56. The van der Waals surface area contributed by atoms with Crippen molar-refractivity contribution in [1.29, 1.82) is 0 Å². The van der Waals surface area contributed by atoms with Crippen LogP contribution in [0.4, 0.5) is 5.69 Å². The predicted molar refractivity (Wildman–Crippen MR) is 70.6 cm³/mol. The molecule has 1 amide bonds. The third-order valence-corrected chi connectivity index (χ3v) is 3.75. The lowest BCUT2D eigenvalue weighted by atomic mass is 10.1. The molecule has 1 atom stereocenters. The Balaban J connectivity index is 2.20. The number of halogens is 1. The lowest BCUT2D eigenvalue weighted by molar-refractivity contribution is -0.140. The number of nitrogens with zero attached hydrogens (tertiary/aromatic N) is 1. The Morgan fingerprint density at radius 3 is 2.67 bits per heavy atom. The fraction of sp³-hybridized carbons (Fsp3) is 0.333. The number of amides is 1. The lowest BCUT2D eigenvalue weighted by Gasteiger charge is -2.20. The van der Waals surface area contributed by atoms with Crippen molar-refractivity contribution in [1.82, 2.24) is 0 Å². The summed E-state index contributed by atoms with van der Waals surface area (Å²) in [6.45, 7) is 1.19. The topological polar surface area (TPSA) is 83.6 Å². The molecule has 2 rings (SSSR count). The number of carbonyl (C=O) groups excluding carboxylic acids is 1. The quantitative estimate of drug-likeness (QED) is 0.885. The normalized spacial score (nSPS) is 18.9. The number of carbonyl (C=O) groups is 2. The van der Waals surface area contributed by atoms with Gasteiger partial charge in [-0.15, -0.1) is 0 Å². The minimum absolute atomic E-state index is 0.326. The van der Waals surface area contributed by atoms with Gasteiger partial charge in [0.1, 0.15) is 0 Å². The molecule has 6 heteroatoms. The number of carboxylic acid groups (broad SMARTS) is 1. The number of hydrogen-bond acceptors (Lipinski definition) is 3. The van der Waals surface area contributed by atoms with Gasteiger partial charge in [0.25, 0.3) is 0 Å². The van der Waals surface area contributed by atoms with Crippen LogP contribution >= 0.6 is 15.9 Å². The summed E-state index contributed by atoms with van der Waals surface area (Å²) >= 11 is 3.39. The highest BCUT2D eigenvalue weighted by molar-refractivity contribution is 9.10. The first-order valence-corrected chi connectivity index (χ1v) is 6.35. The van der Waals surface area contributed by atoms with E-state index in [0.717, 1.165) is 10.2 Å². The van der Waals surface area contributed by atoms with Gasteiger partial charge in [0, 0.05) is 23.1 Å². The summed E-state index contributed by atoms with van der Waals surface area (Å²) in [6, 6.07) is 5.09. The third kappa shape index (κ3) is 2.48. The number of hydrogen-bond donors (Lipinski definition) is 2. The molecule has 3 N–H and O–H groups in total. The molecule has 1 fully saturated rings. The molecule has 0 radical (unpaired) electrons. The van der Waals surface area contributed by atoms with Gasteiger partial charge in [-0.1, -0.05) is 0 Å². The van der Waals surface area contributed by atoms with Crippen LogP contribution in [0.5, 0.6) is 0 Å². The molecule has 96 valence electrons. The van der Waals surface area contributed by atoms with Crippen LogP contribution in [0.25, 0.3) is 0 Å². The molecule has 0 bridgehead atoms. The van der Waals surface area contributed by atoms with E-state index in [4.69, 9.17) is 10.8 Å². The molecular formula is C12H13BrN2O3. The molecule has 1 aliphatic heterocycles. The first-order chi connectivity index (χ1) is 8.49. The zero-order valence-electron chi connectivity index (χ0n) is 9.60. The van der Waals surface area contributed by atoms with Crippen molar-refractivity contribution < 1.29 is 14.7 Å². The van der Waals surface area contributed by atoms with Gasteiger partial charge in [0.2, 0.25) is 5.91 Å². The molecule has 1 aliphatic rings. The Hall–Kier alpha value is -1.56. The Bertz CT molecular complexity index is 504. The highest BCUT2D eigenvalue weighted by Gasteiger charge is 2.28. The maximum atomic E-state index is 11.0. The summed E-state index contributed by atoms with van der Waals surface area (Å²) in [5, 5.41) is 8.96. The molecule has 1 saturated heterocycles. The van der Waals surface area contributed by atoms with E-state index in [1.165, 1.54) is 0 Å². The van der Waals surface area contributed by atoms with E-state index in [0.29, 0.717) is 25.1 Å². The second kappa shape index (κ2) is 4.97. The van der Waals surface area contributed by atoms with E-state index in [-0.39, 0.29) is 5.92 Å². The number of benzene rings is 1. The molecule has 0 spiro atoms. The highest BCUT2D eigenvalue weighted by atomic mass is 79.9. The first-order valence-electron chi connectivity index (χ1n) is 5.56. The fourth-order valence-corrected chi connectivity index (χ4v) is 2.73. The highest BCUT2D eigenvalue weighted by Crippen LogP contribution is 2.31. The Morgan fingerprint density at radius 2 is 2.17 bits per heavy atom. The third-order valence-electron chi connectivity index (χ3n) is 3.11. The average Bonchev–Trinajstić information content (AvgIpc) is 2.78. The molecule has 1 aromatic rings. The van der Waals surface area contributed by atoms with Gasteiger partial charge >= 0.3 is 5.97 Å². The van der Waals surface area contributed by atoms with E-state index < -0.39 is 11.9 Å². The number of carboxylic acids is 1. The Morgan fingerprint density at radius 1 is 1.44 bits per heavy atom. The molecule has 1 aromatic carbocycles. The summed E-state index contributed by atoms with van der Waals surface area (Å²) < 4.78 is 0.754. The van der Waals surface area contributed by atoms with Gasteiger partial charge in [0.15, 0.2) is 0 Å². The summed E-state index contributed by atoms with van der Waals surface area (Å²) in [5.41, 5.74) is 6.52. The van der Waals surface area contributed by atoms with Crippen molar-refractivity contribution in [3.05, 3.63) is 28.2 Å². The monoisotopic (exact) mass is 312 g/mol. The standard InChI is InChI=1S/C12H13BrN2O3/c13-9-5-7(11(14)16)1-2-10(9)15-4-3-8(6-15)12(17)18/h1-2,5,8H,3-4,6H2,(H2,14,16)(H,17,18). The largest absolute Gasteiger partial charge is 0.481 e. The van der Waals surface area contributed by atoms with Gasteiger partial charge in [-0.25, -0.2) is 0 Å². The molecular weight excluding hydrogens is 300 g/mol. The van der Waals surface area contributed by atoms with Gasteiger partial charge in [-0.3, -0.25) is 9.59 Å². The van der Waals surface area contributed by atoms with Crippen LogP contribution in [0.1, 0.15) is 16.8 Å². The van der Waals surface area contributed by atoms with E-state index in [1.54, 1.807) is 18.2 Å². The van der Waals surface area contributed by atoms with Crippen LogP contribution in [-0.2, 0) is 4.79 Å². The summed E-state index contributed by atoms with van der Waals surface area (Å²) in [4.78, 5) is 23.9. The summed E-state index contributed by atoms with van der Waals surface area (Å²) in [6.07, 6.45) is 0.638. The number of aliphatic carboxylic acids is 1. The SMILES string of the molecule is NC(=O)c1ccc(N2CCC(C(=O)O)C2)c(Br)c1. The predicted octanol–water partition coefficient (Wildman–Crippen LogP) is 1.46. The van der Waals surface area contributed by atoms with Crippen LogP contribution in [0, 0.1) is 5.92 Å². The number of nitrogens with two attached hydrogens (primary N) is 1. The van der Waals surface area contributed by atoms with Crippen LogP contribution < -0.4 is 10.6 Å². The number of anilines is 1. The zero-order chi connectivity index (χ0) is 13.3. The maximum absolute atomic E-state index is 11.0. The molecule has 18 heavy (non-hydrogen) atoms. The van der Waals surface area contributed by atoms with Crippen molar-refractivity contribution in [2.75, 3.05) is 18.0 Å². The van der Waals surface area contributed by atoms with Gasteiger partial charge in [0.05, 0.1) is 11.6 Å². The summed E-state index contributed by atoms with van der Waals surface area (Å²) in [5.74, 6) is -1.57. The van der Waals surface area contributed by atoms with E-state index in [2.05, 4.69) is 15.9 Å². The molecule has 0 aromatic heterocycles. The smallest absolute Gasteiger partial charge is 0.308 e. The number of rotatable bonds is 3. The van der Waals surface area contributed by atoms with Gasteiger partial charge in [-0.05, 0) is 40.5 Å². The second-order valence-corrected chi connectivity index (χ2v) is 5.15. The van der Waals surface area contributed by atoms with Crippen molar-refractivity contribution in [3.63, 3.8) is 0 Å². The molecule has 0 aliphatic carbocycles. The van der Waals surface area contributed by atoms with Crippen LogP contribution in [0.15, 0.2) is 22.7 Å². The lowest BCUT2D eigenvalue weighted by Crippen LogP contribution is -2.23. The van der Waals surface area contributed by atoms with Crippen LogP contribution in [-0.4, -0.2) is 30.1 Å². The molecule has 1 unspecified atom stereocenters. The van der Waals surface area contributed by atoms with Crippen LogP contribution in [0.2, 0.25) is 0 Å². The van der Waals surface area contributed by atoms with Crippen molar-refractivity contribution in [2.24, 2.45) is 11.7 Å². The molecule has 0 saturated carbocycles. The zero-order valence-corrected chi connectivity index (χ0v) is 11.2. The minimum Gasteiger partial charge on any atom is -0.481 e. The first kappa shape index (κ1) is 12.9. The fourth-order valence-electron chi connectivity index (χ4n) is 2.10. The summed E-state index contributed by atoms with van der Waals surface area (Å²) in [7, 11) is 0. The molecule has 1 heterocycles. The molecule has 5 nitrogen and oxygen atoms in total. The van der Waals surface area contributed by atoms with Crippen molar-refractivity contribution >= 4 is 33.5 Å². The van der Waals surface area contributed by atoms with E-state index in [9.17, 15) is 9.59 Å². The van der Waals surface area contributed by atoms with E-state index in [1.807, 2.05) is 4.90 Å².